The minimum absolute atomic E-state index is 0.211. The Kier molecular flexibility index (Phi) is 5.90. The Hall–Kier alpha value is -2.38. The van der Waals surface area contributed by atoms with Gasteiger partial charge in [0.1, 0.15) is 6.61 Å². The smallest absolute Gasteiger partial charge is 0.257 e. The number of hydrogen-bond donors (Lipinski definition) is 1. The van der Waals surface area contributed by atoms with Crippen LogP contribution >= 0.6 is 11.3 Å². The molecule has 7 heteroatoms. The molecule has 1 aromatic heterocycles. The Labute approximate surface area is 157 Å². The molecule has 138 valence electrons. The molecule has 1 aliphatic rings. The summed E-state index contributed by atoms with van der Waals surface area (Å²) in [6, 6.07) is 5.10. The number of amides is 1. The van der Waals surface area contributed by atoms with E-state index in [-0.39, 0.29) is 5.91 Å². The van der Waals surface area contributed by atoms with Crippen molar-refractivity contribution in [2.75, 3.05) is 32.1 Å². The number of carbonyl (C=O) groups excluding carboxylic acids is 1. The van der Waals surface area contributed by atoms with E-state index in [2.05, 4.69) is 28.7 Å². The fourth-order valence-electron chi connectivity index (χ4n) is 2.82. The van der Waals surface area contributed by atoms with Crippen molar-refractivity contribution in [1.29, 1.82) is 0 Å². The van der Waals surface area contributed by atoms with Crippen LogP contribution in [0.25, 0.3) is 0 Å². The van der Waals surface area contributed by atoms with Crippen LogP contribution < -0.4 is 14.8 Å². The molecule has 0 spiro atoms. The van der Waals surface area contributed by atoms with Gasteiger partial charge in [0.15, 0.2) is 16.6 Å². The van der Waals surface area contributed by atoms with Crippen LogP contribution in [-0.2, 0) is 13.0 Å². The van der Waals surface area contributed by atoms with Gasteiger partial charge in [0.25, 0.3) is 5.91 Å². The molecule has 1 N–H and O–H groups in total. The van der Waals surface area contributed by atoms with E-state index in [0.717, 1.165) is 31.7 Å². The van der Waals surface area contributed by atoms with E-state index in [1.807, 2.05) is 0 Å². The van der Waals surface area contributed by atoms with Crippen LogP contribution in [0.5, 0.6) is 11.5 Å². The molecule has 2 aromatic rings. The number of carbonyl (C=O) groups is 1. The first-order valence-corrected chi connectivity index (χ1v) is 9.40. The lowest BCUT2D eigenvalue weighted by Gasteiger charge is -2.23. The van der Waals surface area contributed by atoms with Gasteiger partial charge < -0.3 is 9.47 Å². The zero-order chi connectivity index (χ0) is 18.5. The average molecular weight is 373 g/mol. The van der Waals surface area contributed by atoms with Gasteiger partial charge in [0, 0.05) is 30.0 Å². The van der Waals surface area contributed by atoms with Crippen molar-refractivity contribution in [3.05, 3.63) is 47.0 Å². The number of likely N-dealkylation sites (N-methyl/N-ethyl adjacent to an activating group) is 1. The number of anilines is 1. The van der Waals surface area contributed by atoms with Gasteiger partial charge in [-0.05, 0) is 24.7 Å². The molecule has 3 rings (SSSR count). The molecule has 2 heterocycles. The quantitative estimate of drug-likeness (QED) is 0.754. The van der Waals surface area contributed by atoms with E-state index in [0.29, 0.717) is 28.8 Å². The van der Waals surface area contributed by atoms with Crippen molar-refractivity contribution < 1.29 is 14.3 Å². The summed E-state index contributed by atoms with van der Waals surface area (Å²) >= 11 is 1.55. The first kappa shape index (κ1) is 18.4. The Morgan fingerprint density at radius 1 is 1.46 bits per heavy atom. The van der Waals surface area contributed by atoms with Crippen molar-refractivity contribution in [2.45, 2.75) is 19.9 Å². The maximum Gasteiger partial charge on any atom is 0.257 e. The summed E-state index contributed by atoms with van der Waals surface area (Å²) in [5.74, 6) is 0.877. The molecule has 0 unspecified atom stereocenters. The standard InChI is InChI=1S/C19H23N3O3S/c1-4-10-25-15-7-6-13(11-16(15)24-3)18(23)21-19-20-14-8-9-22(5-2)12-17(14)26-19/h4,6-7,11H,1,5,8-10,12H2,2-3H3,(H,20,21,23). The maximum atomic E-state index is 12.6. The van der Waals surface area contributed by atoms with Crippen molar-refractivity contribution in [3.63, 3.8) is 0 Å². The summed E-state index contributed by atoms with van der Waals surface area (Å²) < 4.78 is 10.8. The highest BCUT2D eigenvalue weighted by Gasteiger charge is 2.21. The number of methoxy groups -OCH3 is 1. The number of fused-ring (bicyclic) bond motifs is 1. The summed E-state index contributed by atoms with van der Waals surface area (Å²) in [6.45, 7) is 9.11. The number of thiazole rings is 1. The van der Waals surface area contributed by atoms with Crippen LogP contribution in [0.15, 0.2) is 30.9 Å². The third-order valence-electron chi connectivity index (χ3n) is 4.26. The van der Waals surface area contributed by atoms with Crippen molar-refractivity contribution in [2.24, 2.45) is 0 Å². The number of nitrogens with one attached hydrogen (secondary N) is 1. The average Bonchev–Trinajstić information content (AvgIpc) is 3.07. The number of ether oxygens (including phenoxy) is 2. The summed E-state index contributed by atoms with van der Waals surface area (Å²) in [7, 11) is 1.55. The van der Waals surface area contributed by atoms with E-state index in [1.165, 1.54) is 4.88 Å². The second-order valence-corrected chi connectivity index (χ2v) is 7.01. The van der Waals surface area contributed by atoms with Gasteiger partial charge in [-0.2, -0.15) is 0 Å². The van der Waals surface area contributed by atoms with Gasteiger partial charge in [-0.25, -0.2) is 4.98 Å². The second kappa shape index (κ2) is 8.33. The van der Waals surface area contributed by atoms with Crippen molar-refractivity contribution >= 4 is 22.4 Å². The van der Waals surface area contributed by atoms with Crippen LogP contribution in [0.1, 0.15) is 27.9 Å². The summed E-state index contributed by atoms with van der Waals surface area (Å²) in [5, 5.41) is 3.54. The number of nitrogens with zero attached hydrogens (tertiary/aromatic N) is 2. The Balaban J connectivity index is 1.72. The van der Waals surface area contributed by atoms with E-state index in [4.69, 9.17) is 9.47 Å². The van der Waals surface area contributed by atoms with Crippen LogP contribution in [0, 0.1) is 0 Å². The Morgan fingerprint density at radius 3 is 3.04 bits per heavy atom. The van der Waals surface area contributed by atoms with E-state index in [1.54, 1.807) is 42.7 Å². The fourth-order valence-corrected chi connectivity index (χ4v) is 3.86. The predicted octanol–water partition coefficient (Wildman–Crippen LogP) is 3.35. The number of hydrogen-bond acceptors (Lipinski definition) is 6. The minimum atomic E-state index is -0.211. The molecule has 0 atom stereocenters. The van der Waals surface area contributed by atoms with Gasteiger partial charge in [0.2, 0.25) is 0 Å². The van der Waals surface area contributed by atoms with Crippen LogP contribution in [0.4, 0.5) is 5.13 Å². The number of aromatic nitrogens is 1. The van der Waals surface area contributed by atoms with Crippen LogP contribution in [-0.4, -0.2) is 42.6 Å². The lowest BCUT2D eigenvalue weighted by Crippen LogP contribution is -2.29. The molecule has 0 saturated carbocycles. The molecular formula is C19H23N3O3S. The first-order valence-electron chi connectivity index (χ1n) is 8.58. The third-order valence-corrected chi connectivity index (χ3v) is 5.26. The molecule has 1 amide bonds. The summed E-state index contributed by atoms with van der Waals surface area (Å²) in [4.78, 5) is 20.8. The van der Waals surface area contributed by atoms with Crippen LogP contribution in [0.2, 0.25) is 0 Å². The van der Waals surface area contributed by atoms with Crippen molar-refractivity contribution in [1.82, 2.24) is 9.88 Å². The zero-order valence-corrected chi connectivity index (χ0v) is 15.9. The maximum absolute atomic E-state index is 12.6. The van der Waals surface area contributed by atoms with E-state index >= 15 is 0 Å². The molecule has 0 radical (unpaired) electrons. The van der Waals surface area contributed by atoms with E-state index in [9.17, 15) is 4.79 Å². The lowest BCUT2D eigenvalue weighted by atomic mass is 10.2. The van der Waals surface area contributed by atoms with Gasteiger partial charge in [-0.15, -0.1) is 11.3 Å². The third kappa shape index (κ3) is 4.05. The number of benzene rings is 1. The second-order valence-electron chi connectivity index (χ2n) is 5.93. The highest BCUT2D eigenvalue weighted by Crippen LogP contribution is 2.30. The zero-order valence-electron chi connectivity index (χ0n) is 15.1. The Morgan fingerprint density at radius 2 is 2.31 bits per heavy atom. The topological polar surface area (TPSA) is 63.7 Å². The normalized spacial score (nSPS) is 13.8. The lowest BCUT2D eigenvalue weighted by molar-refractivity contribution is 0.102. The van der Waals surface area contributed by atoms with Gasteiger partial charge in [-0.1, -0.05) is 19.6 Å². The van der Waals surface area contributed by atoms with Gasteiger partial charge in [0.05, 0.1) is 12.8 Å². The van der Waals surface area contributed by atoms with Gasteiger partial charge >= 0.3 is 0 Å². The van der Waals surface area contributed by atoms with Crippen molar-refractivity contribution in [3.8, 4) is 11.5 Å². The molecule has 0 bridgehead atoms. The molecular weight excluding hydrogens is 350 g/mol. The molecule has 0 aliphatic carbocycles. The monoisotopic (exact) mass is 373 g/mol. The summed E-state index contributed by atoms with van der Waals surface area (Å²) in [6.07, 6.45) is 2.59. The SMILES string of the molecule is C=CCOc1ccc(C(=O)Nc2nc3c(s2)CN(CC)CC3)cc1OC. The molecule has 0 fully saturated rings. The van der Waals surface area contributed by atoms with Crippen LogP contribution in [0.3, 0.4) is 0 Å². The molecule has 26 heavy (non-hydrogen) atoms. The molecule has 0 saturated heterocycles. The molecule has 1 aromatic carbocycles. The fraction of sp³-hybridized carbons (Fsp3) is 0.368. The highest BCUT2D eigenvalue weighted by atomic mass is 32.1. The Bertz CT molecular complexity index is 803. The molecule has 6 nitrogen and oxygen atoms in total. The predicted molar refractivity (Wildman–Crippen MR) is 103 cm³/mol. The first-order chi connectivity index (χ1) is 12.6. The minimum Gasteiger partial charge on any atom is -0.493 e. The molecule has 1 aliphatic heterocycles. The number of rotatable bonds is 7. The largest absolute Gasteiger partial charge is 0.493 e. The summed E-state index contributed by atoms with van der Waals surface area (Å²) in [5.41, 5.74) is 1.59. The highest BCUT2D eigenvalue weighted by molar-refractivity contribution is 7.15. The van der Waals surface area contributed by atoms with Gasteiger partial charge in [-0.3, -0.25) is 15.0 Å². The van der Waals surface area contributed by atoms with E-state index < -0.39 is 0 Å².